The highest BCUT2D eigenvalue weighted by Crippen LogP contribution is 2.58. The number of nitrogens with one attached hydrogen (secondary N) is 1. The average Bonchev–Trinajstić information content (AvgIpc) is 3.18. The van der Waals surface area contributed by atoms with E-state index in [1.165, 1.54) is 35.6 Å². The normalized spacial score (nSPS) is 14.5. The van der Waals surface area contributed by atoms with Gasteiger partial charge in [-0.25, -0.2) is 4.39 Å². The third kappa shape index (κ3) is 6.73. The fraction of sp³-hybridized carbons (Fsp3) is 0.250. The molecule has 2 N–H and O–H groups in total. The predicted octanol–water partition coefficient (Wildman–Crippen LogP) is 6.92. The molecule has 0 saturated carbocycles. The van der Waals surface area contributed by atoms with E-state index in [-0.39, 0.29) is 16.1 Å². The van der Waals surface area contributed by atoms with Gasteiger partial charge in [-0.15, -0.1) is 11.3 Å². The van der Waals surface area contributed by atoms with E-state index in [1.54, 1.807) is 44.4 Å². The van der Waals surface area contributed by atoms with Gasteiger partial charge < -0.3 is 14.9 Å². The van der Waals surface area contributed by atoms with Gasteiger partial charge in [-0.3, -0.25) is 18.7 Å². The summed E-state index contributed by atoms with van der Waals surface area (Å²) in [6, 6.07) is 9.30. The first-order valence-electron chi connectivity index (χ1n) is 10.5. The van der Waals surface area contributed by atoms with Gasteiger partial charge in [0.05, 0.1) is 10.4 Å². The lowest BCUT2D eigenvalue weighted by Crippen LogP contribution is -2.27. The molecule has 1 aromatic heterocycles. The highest BCUT2D eigenvalue weighted by Gasteiger charge is 2.42. The molecule has 2 unspecified atom stereocenters. The van der Waals surface area contributed by atoms with Crippen LogP contribution in [0.3, 0.4) is 0 Å². The molecule has 2 atom stereocenters. The summed E-state index contributed by atoms with van der Waals surface area (Å²) in [5, 5.41) is 4.71. The van der Waals surface area contributed by atoms with Crippen LogP contribution in [0.1, 0.15) is 37.6 Å². The van der Waals surface area contributed by atoms with Gasteiger partial charge in [0, 0.05) is 21.5 Å². The van der Waals surface area contributed by atoms with Gasteiger partial charge in [0.15, 0.2) is 5.66 Å². The molecule has 0 saturated heterocycles. The predicted molar refractivity (Wildman–Crippen MR) is 139 cm³/mol. The molecule has 0 fully saturated rings. The van der Waals surface area contributed by atoms with Crippen molar-refractivity contribution >= 4 is 70.2 Å². The Balaban J connectivity index is 1.90. The first-order valence-corrected chi connectivity index (χ1v) is 13.8. The number of fused-ring (bicyclic) bond motifs is 1. The van der Waals surface area contributed by atoms with Crippen LogP contribution in [-0.2, 0) is 23.4 Å². The Bertz CT molecular complexity index is 1370. The number of hydrogen-bond acceptors (Lipinski definition) is 6. The lowest BCUT2D eigenvalue weighted by atomic mass is 9.98. The van der Waals surface area contributed by atoms with Crippen LogP contribution in [0, 0.1) is 11.2 Å². The van der Waals surface area contributed by atoms with Crippen LogP contribution in [0.15, 0.2) is 48.0 Å². The molecule has 3 rings (SSSR count). The number of amides is 1. The smallest absolute Gasteiger partial charge is 0.347 e. The van der Waals surface area contributed by atoms with E-state index in [1.807, 2.05) is 0 Å². The Kier molecular flexibility index (Phi) is 8.98. The van der Waals surface area contributed by atoms with Gasteiger partial charge in [0.1, 0.15) is 5.82 Å². The highest BCUT2D eigenvalue weighted by molar-refractivity contribution is 7.54. The zero-order valence-electron chi connectivity index (χ0n) is 19.5. The lowest BCUT2D eigenvalue weighted by molar-refractivity contribution is -0.159. The third-order valence-corrected chi connectivity index (χ3v) is 8.09. The van der Waals surface area contributed by atoms with E-state index in [2.05, 4.69) is 5.32 Å². The van der Waals surface area contributed by atoms with Crippen LogP contribution in [-0.4, -0.2) is 23.6 Å². The molecule has 1 amide bonds. The van der Waals surface area contributed by atoms with E-state index in [0.29, 0.717) is 10.4 Å². The van der Waals surface area contributed by atoms with Gasteiger partial charge in [0.25, 0.3) is 0 Å². The summed E-state index contributed by atoms with van der Waals surface area (Å²) in [6.45, 7) is 4.00. The summed E-state index contributed by atoms with van der Waals surface area (Å²) in [5.41, 5.74) is -2.26. The van der Waals surface area contributed by atoms with Crippen LogP contribution >= 0.6 is 42.1 Å². The second-order valence-corrected chi connectivity index (χ2v) is 12.4. The molecule has 12 heteroatoms. The third-order valence-electron chi connectivity index (χ3n) is 4.94. The maximum atomic E-state index is 14.1. The topological polar surface area (TPSA) is 102 Å². The maximum absolute atomic E-state index is 14.1. The molecule has 0 bridgehead atoms. The number of carbonyl (C=O) groups is 2. The van der Waals surface area contributed by atoms with Crippen molar-refractivity contribution in [3.05, 3.63) is 75.0 Å². The van der Waals surface area contributed by atoms with Gasteiger partial charge in [-0.1, -0.05) is 35.3 Å². The van der Waals surface area contributed by atoms with Gasteiger partial charge in [-0.05, 0) is 67.4 Å². The first kappa shape index (κ1) is 28.3. The number of benzene rings is 2. The monoisotopic (exact) mass is 573 g/mol. The average molecular weight is 574 g/mol. The molecular formula is C24H23Cl2FNO6PS. The van der Waals surface area contributed by atoms with E-state index in [0.717, 1.165) is 10.9 Å². The van der Waals surface area contributed by atoms with Crippen molar-refractivity contribution in [2.45, 2.75) is 26.4 Å². The largest absolute Gasteiger partial charge is 0.438 e. The second kappa shape index (κ2) is 11.4. The second-order valence-electron chi connectivity index (χ2n) is 8.71. The Morgan fingerprint density at radius 2 is 1.97 bits per heavy atom. The van der Waals surface area contributed by atoms with Crippen molar-refractivity contribution in [2.75, 3.05) is 6.79 Å². The minimum Gasteiger partial charge on any atom is -0.438 e. The van der Waals surface area contributed by atoms with Crippen LogP contribution < -0.4 is 5.32 Å². The van der Waals surface area contributed by atoms with Crippen molar-refractivity contribution in [1.29, 1.82) is 0 Å². The number of rotatable bonds is 8. The molecule has 192 valence electrons. The van der Waals surface area contributed by atoms with Gasteiger partial charge in [0.2, 0.25) is 12.7 Å². The molecule has 0 spiro atoms. The van der Waals surface area contributed by atoms with Crippen LogP contribution in [0.25, 0.3) is 16.2 Å². The molecule has 3 aromatic rings. The Labute approximate surface area is 221 Å². The number of ether oxygens (including phenoxy) is 1. The van der Waals surface area contributed by atoms with E-state index >= 15 is 0 Å². The molecule has 7 nitrogen and oxygen atoms in total. The van der Waals surface area contributed by atoms with E-state index in [4.69, 9.17) is 32.5 Å². The molecule has 2 aromatic carbocycles. The number of esters is 1. The molecule has 0 radical (unpaired) electrons. The van der Waals surface area contributed by atoms with Crippen LogP contribution in [0.2, 0.25) is 10.0 Å². The molecule has 0 aliphatic heterocycles. The summed E-state index contributed by atoms with van der Waals surface area (Å²) in [5.74, 6) is -2.24. The SMILES string of the molecule is CC(C)(C)C(=O)OCOP(=O)(O)C(C(=O)N/C=C/c1cccc(Cl)c1F)c1csc2ccc(Cl)cc12. The lowest BCUT2D eigenvalue weighted by Gasteiger charge is -2.22. The van der Waals surface area contributed by atoms with Gasteiger partial charge in [-0.2, -0.15) is 0 Å². The first-order chi connectivity index (χ1) is 16.8. The summed E-state index contributed by atoms with van der Waals surface area (Å²) in [4.78, 5) is 36.0. The molecular weight excluding hydrogens is 551 g/mol. The van der Waals surface area contributed by atoms with Gasteiger partial charge >= 0.3 is 13.6 Å². The quantitative estimate of drug-likeness (QED) is 0.172. The standard InChI is InChI=1S/C24H23Cl2FNO6PS/c1-24(2,3)23(30)33-13-34-35(31,32)21(17-12-36-19-8-7-15(25)11-16(17)19)22(29)28-10-9-14-5-4-6-18(26)20(14)27/h4-12,21H,13H2,1-3H3,(H,28,29)(H,31,32)/b10-9+. The molecule has 0 aliphatic carbocycles. The number of thiophene rings is 1. The number of hydrogen-bond donors (Lipinski definition) is 2. The summed E-state index contributed by atoms with van der Waals surface area (Å²) >= 11 is 13.1. The minimum absolute atomic E-state index is 0.0963. The number of halogens is 3. The summed E-state index contributed by atoms with van der Waals surface area (Å²) in [6.07, 6.45) is 2.39. The highest BCUT2D eigenvalue weighted by atomic mass is 35.5. The van der Waals surface area contributed by atoms with Crippen molar-refractivity contribution in [1.82, 2.24) is 5.32 Å². The number of carbonyl (C=O) groups excluding carboxylic acids is 2. The maximum Gasteiger partial charge on any atom is 0.347 e. The Hall–Kier alpha value is -2.26. The van der Waals surface area contributed by atoms with Crippen molar-refractivity contribution in [2.24, 2.45) is 5.41 Å². The zero-order valence-corrected chi connectivity index (χ0v) is 22.7. The zero-order chi connectivity index (χ0) is 26.7. The van der Waals surface area contributed by atoms with Crippen molar-refractivity contribution in [3.8, 4) is 0 Å². The fourth-order valence-corrected chi connectivity index (χ4v) is 5.80. The fourth-order valence-electron chi connectivity index (χ4n) is 3.09. The van der Waals surface area contributed by atoms with Crippen molar-refractivity contribution < 1.29 is 32.7 Å². The molecule has 36 heavy (non-hydrogen) atoms. The van der Waals surface area contributed by atoms with E-state index < -0.39 is 43.2 Å². The Morgan fingerprint density at radius 1 is 1.25 bits per heavy atom. The Morgan fingerprint density at radius 3 is 2.67 bits per heavy atom. The van der Waals surface area contributed by atoms with Crippen LogP contribution in [0.4, 0.5) is 4.39 Å². The summed E-state index contributed by atoms with van der Waals surface area (Å²) in [7, 11) is -4.76. The van der Waals surface area contributed by atoms with Crippen LogP contribution in [0.5, 0.6) is 0 Å². The van der Waals surface area contributed by atoms with E-state index in [9.17, 15) is 23.4 Å². The van der Waals surface area contributed by atoms with Crippen molar-refractivity contribution in [3.63, 3.8) is 0 Å². The minimum atomic E-state index is -4.76. The molecule has 0 aliphatic rings. The summed E-state index contributed by atoms with van der Waals surface area (Å²) < 4.78 is 38.2. The molecule has 1 heterocycles.